The van der Waals surface area contributed by atoms with Gasteiger partial charge in [-0.1, -0.05) is 6.58 Å². The Morgan fingerprint density at radius 3 is 0.733 bits per heavy atom. The van der Waals surface area contributed by atoms with Crippen LogP contribution in [0.4, 0.5) is 4.39 Å². The molecule has 0 heterocycles. The number of hydrogen-bond donors (Lipinski definition) is 0. The maximum Gasteiger partial charge on any atom is 0.333 e. The fourth-order valence-electron chi connectivity index (χ4n) is 2.89. The molecule has 0 aromatic carbocycles. The van der Waals surface area contributed by atoms with Gasteiger partial charge in [0.1, 0.15) is 13.3 Å². The molecule has 45 heavy (non-hydrogen) atoms. The zero-order chi connectivity index (χ0) is 32.7. The standard InChI is InChI=1S/C30H57FO14/c1-29(2)30(32)45-28-27-44-26-25-43-24-23-42-22-21-41-20-19-40-18-17-39-16-15-38-14-13-37-12-11-36-10-9-35-8-7-34-6-5-33-4-3-31/h1,3-28H2,2H3. The van der Waals surface area contributed by atoms with Gasteiger partial charge in [-0.25, -0.2) is 9.18 Å². The smallest absolute Gasteiger partial charge is 0.333 e. The third-order valence-corrected chi connectivity index (χ3v) is 5.12. The lowest BCUT2D eigenvalue weighted by Gasteiger charge is -2.09. The van der Waals surface area contributed by atoms with Crippen LogP contribution >= 0.6 is 0 Å². The topological polar surface area (TPSA) is 137 Å². The molecule has 0 spiro atoms. The summed E-state index contributed by atoms with van der Waals surface area (Å²) >= 11 is 0. The van der Waals surface area contributed by atoms with Crippen LogP contribution in [0.2, 0.25) is 0 Å². The van der Waals surface area contributed by atoms with Crippen molar-refractivity contribution in [3.05, 3.63) is 12.2 Å². The summed E-state index contributed by atoms with van der Waals surface area (Å²) in [4.78, 5) is 11.2. The Morgan fingerprint density at radius 2 is 0.556 bits per heavy atom. The average molecular weight is 661 g/mol. The van der Waals surface area contributed by atoms with E-state index in [-0.39, 0.29) is 13.2 Å². The first-order valence-electron chi connectivity index (χ1n) is 15.5. The van der Waals surface area contributed by atoms with Crippen LogP contribution in [0.5, 0.6) is 0 Å². The van der Waals surface area contributed by atoms with Crippen LogP contribution in [-0.2, 0) is 66.4 Å². The maximum absolute atomic E-state index is 11.8. The van der Waals surface area contributed by atoms with Crippen LogP contribution < -0.4 is 0 Å². The first kappa shape index (κ1) is 43.7. The van der Waals surface area contributed by atoms with Crippen molar-refractivity contribution >= 4 is 5.97 Å². The van der Waals surface area contributed by atoms with E-state index < -0.39 is 12.6 Å². The molecule has 0 amide bonds. The molecule has 0 radical (unpaired) electrons. The molecule has 0 aliphatic heterocycles. The first-order valence-corrected chi connectivity index (χ1v) is 15.5. The van der Waals surface area contributed by atoms with Crippen molar-refractivity contribution in [1.29, 1.82) is 0 Å². The predicted molar refractivity (Wildman–Crippen MR) is 162 cm³/mol. The van der Waals surface area contributed by atoms with E-state index in [0.29, 0.717) is 158 Å². The van der Waals surface area contributed by atoms with Gasteiger partial charge >= 0.3 is 5.97 Å². The van der Waals surface area contributed by atoms with Gasteiger partial charge in [0.15, 0.2) is 0 Å². The van der Waals surface area contributed by atoms with Gasteiger partial charge in [0.25, 0.3) is 0 Å². The Hall–Kier alpha value is -1.34. The van der Waals surface area contributed by atoms with E-state index in [4.69, 9.17) is 61.6 Å². The molecule has 0 aliphatic carbocycles. The van der Waals surface area contributed by atoms with Crippen molar-refractivity contribution in [3.63, 3.8) is 0 Å². The molecule has 0 saturated carbocycles. The van der Waals surface area contributed by atoms with Crippen molar-refractivity contribution in [2.75, 3.05) is 172 Å². The van der Waals surface area contributed by atoms with E-state index in [2.05, 4.69) is 6.58 Å². The number of ether oxygens (including phenoxy) is 13. The van der Waals surface area contributed by atoms with Crippen molar-refractivity contribution in [2.45, 2.75) is 6.92 Å². The van der Waals surface area contributed by atoms with Crippen molar-refractivity contribution < 1.29 is 70.8 Å². The number of rotatable bonds is 39. The Bertz CT molecular complexity index is 617. The molecule has 14 nitrogen and oxygen atoms in total. The molecule has 0 aliphatic rings. The third-order valence-electron chi connectivity index (χ3n) is 5.12. The number of carbonyl (C=O) groups is 1. The second-order valence-corrected chi connectivity index (χ2v) is 8.95. The predicted octanol–water partition coefficient (Wildman–Crippen LogP) is 1.27. The monoisotopic (exact) mass is 660 g/mol. The molecule has 0 unspecified atom stereocenters. The minimum atomic E-state index is -0.479. The quantitative estimate of drug-likeness (QED) is 0.0532. The summed E-state index contributed by atoms with van der Waals surface area (Å²) in [5, 5.41) is 0. The molecule has 268 valence electrons. The largest absolute Gasteiger partial charge is 0.460 e. The highest BCUT2D eigenvalue weighted by molar-refractivity contribution is 5.86. The van der Waals surface area contributed by atoms with Gasteiger partial charge in [-0.2, -0.15) is 0 Å². The summed E-state index contributed by atoms with van der Waals surface area (Å²) in [6, 6.07) is 0. The van der Waals surface area contributed by atoms with Crippen LogP contribution in [0, 0.1) is 0 Å². The van der Waals surface area contributed by atoms with Gasteiger partial charge in [-0.3, -0.25) is 0 Å². The summed E-state index contributed by atoms with van der Waals surface area (Å²) in [6.07, 6.45) is 0. The first-order chi connectivity index (χ1) is 22.2. The van der Waals surface area contributed by atoms with Gasteiger partial charge in [0.05, 0.1) is 159 Å². The van der Waals surface area contributed by atoms with Gasteiger partial charge in [0.2, 0.25) is 0 Å². The lowest BCUT2D eigenvalue weighted by atomic mass is 10.4. The highest BCUT2D eigenvalue weighted by Gasteiger charge is 2.02. The number of alkyl halides is 1. The van der Waals surface area contributed by atoms with Crippen molar-refractivity contribution in [2.24, 2.45) is 0 Å². The number of halogens is 1. The van der Waals surface area contributed by atoms with E-state index in [1.54, 1.807) is 6.92 Å². The molecular formula is C30H57FO14. The van der Waals surface area contributed by atoms with Crippen LogP contribution in [0.3, 0.4) is 0 Å². The van der Waals surface area contributed by atoms with Gasteiger partial charge in [-0.15, -0.1) is 0 Å². The Kier molecular flexibility index (Phi) is 37.7. The summed E-state index contributed by atoms with van der Waals surface area (Å²) in [6.45, 7) is 15.6. The fraction of sp³-hybridized carbons (Fsp3) is 0.900. The minimum absolute atomic E-state index is 0.109. The Morgan fingerprint density at radius 1 is 0.378 bits per heavy atom. The highest BCUT2D eigenvalue weighted by atomic mass is 19.1. The maximum atomic E-state index is 11.8. The van der Waals surface area contributed by atoms with Gasteiger partial charge in [0, 0.05) is 5.57 Å². The van der Waals surface area contributed by atoms with Crippen LogP contribution in [-0.4, -0.2) is 178 Å². The summed E-state index contributed by atoms with van der Waals surface area (Å²) in [7, 11) is 0. The van der Waals surface area contributed by atoms with E-state index in [1.165, 1.54) is 0 Å². The van der Waals surface area contributed by atoms with Crippen LogP contribution in [0.1, 0.15) is 6.92 Å². The second kappa shape index (κ2) is 38.8. The summed E-state index contributed by atoms with van der Waals surface area (Å²) in [5.41, 5.74) is 0.367. The Balaban J connectivity index is 3.06. The van der Waals surface area contributed by atoms with E-state index in [1.807, 2.05) is 0 Å². The lowest BCUT2D eigenvalue weighted by Crippen LogP contribution is -2.16. The number of carbonyl (C=O) groups excluding carboxylic acids is 1. The third kappa shape index (κ3) is 38.8. The lowest BCUT2D eigenvalue weighted by molar-refractivity contribution is -0.140. The zero-order valence-corrected chi connectivity index (χ0v) is 27.2. The van der Waals surface area contributed by atoms with E-state index in [0.717, 1.165) is 0 Å². The minimum Gasteiger partial charge on any atom is -0.460 e. The molecule has 0 saturated heterocycles. The number of esters is 1. The fourth-order valence-corrected chi connectivity index (χ4v) is 2.89. The molecule has 15 heteroatoms. The van der Waals surface area contributed by atoms with Gasteiger partial charge < -0.3 is 61.6 Å². The molecule has 0 fully saturated rings. The average Bonchev–Trinajstić information content (AvgIpc) is 3.04. The summed E-state index contributed by atoms with van der Waals surface area (Å²) < 4.78 is 81.1. The number of hydrogen-bond acceptors (Lipinski definition) is 14. The van der Waals surface area contributed by atoms with Crippen molar-refractivity contribution in [3.8, 4) is 0 Å². The molecule has 0 bridgehead atoms. The Labute approximate surface area is 267 Å². The SMILES string of the molecule is C=C(C)C(=O)OCCOCCOCCOCCOCCOCCOCCOCCOCCOCCOCCOCCOCCF. The van der Waals surface area contributed by atoms with E-state index >= 15 is 0 Å². The normalized spacial score (nSPS) is 11.3. The van der Waals surface area contributed by atoms with Crippen LogP contribution in [0.25, 0.3) is 0 Å². The van der Waals surface area contributed by atoms with Crippen molar-refractivity contribution in [1.82, 2.24) is 0 Å². The molecule has 0 rings (SSSR count). The second-order valence-electron chi connectivity index (χ2n) is 8.95. The highest BCUT2D eigenvalue weighted by Crippen LogP contribution is 1.92. The molecule has 0 N–H and O–H groups in total. The molecule has 0 aromatic heterocycles. The molecule has 0 atom stereocenters. The van der Waals surface area contributed by atoms with E-state index in [9.17, 15) is 9.18 Å². The summed E-state index contributed by atoms with van der Waals surface area (Å²) in [5.74, 6) is -0.416. The van der Waals surface area contributed by atoms with Gasteiger partial charge in [-0.05, 0) is 6.92 Å². The molecule has 0 aromatic rings. The zero-order valence-electron chi connectivity index (χ0n) is 27.2. The molecular weight excluding hydrogens is 603 g/mol. The van der Waals surface area contributed by atoms with Crippen LogP contribution in [0.15, 0.2) is 12.2 Å².